The van der Waals surface area contributed by atoms with Crippen molar-refractivity contribution in [2.24, 2.45) is 0 Å². The largest absolute Gasteiger partial charge is 0.309 e. The van der Waals surface area contributed by atoms with E-state index in [4.69, 9.17) is 21.8 Å². The Bertz CT molecular complexity index is 3130. The molecule has 5 heteroatoms. The highest BCUT2D eigenvalue weighted by Crippen LogP contribution is 2.42. The molecule has 3 heterocycles. The fourth-order valence-electron chi connectivity index (χ4n) is 7.15. The lowest BCUT2D eigenvalue weighted by atomic mass is 9.99. The predicted octanol–water partition coefficient (Wildman–Crippen LogP) is 11.1. The van der Waals surface area contributed by atoms with E-state index in [1.165, 1.54) is 0 Å². The van der Waals surface area contributed by atoms with Gasteiger partial charge >= 0.3 is 0 Å². The molecule has 0 N–H and O–H groups in total. The molecule has 0 atom stereocenters. The zero-order valence-electron chi connectivity index (χ0n) is 31.6. The molecule has 0 aliphatic carbocycles. The zero-order valence-corrected chi connectivity index (χ0v) is 26.6. The van der Waals surface area contributed by atoms with Crippen LogP contribution >= 0.6 is 0 Å². The Balaban J connectivity index is 1.34. The zero-order chi connectivity index (χ0) is 37.4. The summed E-state index contributed by atoms with van der Waals surface area (Å²) in [5.41, 5.74) is 6.80. The van der Waals surface area contributed by atoms with E-state index in [2.05, 4.69) is 69.8 Å². The Morgan fingerprint density at radius 1 is 0.420 bits per heavy atom. The minimum atomic E-state index is -0.448. The SMILES string of the molecule is [2H]c1c([2H])c([2H])c(-c2ccccc2-c2nc(-c3ccccc3)nc(-n3c4ccccc4c4ccc5c(c6ccccc6n5-c5ccccc5)c43)n2)c([2H])c1[2H]. The van der Waals surface area contributed by atoms with Crippen molar-refractivity contribution in [3.63, 3.8) is 0 Å². The van der Waals surface area contributed by atoms with Gasteiger partial charge in [-0.3, -0.25) is 4.57 Å². The number of aromatic nitrogens is 5. The molecule has 234 valence electrons. The van der Waals surface area contributed by atoms with Crippen molar-refractivity contribution in [3.05, 3.63) is 176 Å². The number of para-hydroxylation sites is 3. The second-order valence-corrected chi connectivity index (χ2v) is 12.1. The summed E-state index contributed by atoms with van der Waals surface area (Å²) >= 11 is 0. The van der Waals surface area contributed by atoms with Gasteiger partial charge in [-0.1, -0.05) is 145 Å². The predicted molar refractivity (Wildman–Crippen MR) is 205 cm³/mol. The van der Waals surface area contributed by atoms with Gasteiger partial charge in [0.2, 0.25) is 5.95 Å². The number of hydrogen-bond acceptors (Lipinski definition) is 3. The molecule has 5 nitrogen and oxygen atoms in total. The van der Waals surface area contributed by atoms with Crippen molar-refractivity contribution in [2.75, 3.05) is 0 Å². The molecule has 0 radical (unpaired) electrons. The minimum absolute atomic E-state index is 0.0807. The maximum absolute atomic E-state index is 8.82. The maximum atomic E-state index is 8.82. The molecule has 0 saturated carbocycles. The third kappa shape index (κ3) is 4.37. The van der Waals surface area contributed by atoms with E-state index in [-0.39, 0.29) is 17.6 Å². The summed E-state index contributed by atoms with van der Waals surface area (Å²) in [6.45, 7) is 0. The molecule has 0 bridgehead atoms. The molecule has 0 amide bonds. The lowest BCUT2D eigenvalue weighted by Gasteiger charge is -2.13. The number of benzene rings is 7. The Morgan fingerprint density at radius 2 is 1.04 bits per heavy atom. The molecule has 0 aliphatic rings. The maximum Gasteiger partial charge on any atom is 0.238 e. The molecular formula is C45H29N5. The molecule has 10 aromatic rings. The molecule has 0 unspecified atom stereocenters. The highest BCUT2D eigenvalue weighted by Gasteiger charge is 2.23. The lowest BCUT2D eigenvalue weighted by molar-refractivity contribution is 0.955. The third-order valence-corrected chi connectivity index (χ3v) is 9.28. The van der Waals surface area contributed by atoms with E-state index < -0.39 is 18.1 Å². The van der Waals surface area contributed by atoms with Crippen molar-refractivity contribution in [2.45, 2.75) is 0 Å². The van der Waals surface area contributed by atoms with Crippen LogP contribution in [-0.2, 0) is 0 Å². The Labute approximate surface area is 295 Å². The van der Waals surface area contributed by atoms with Gasteiger partial charge in [-0.2, -0.15) is 9.97 Å². The summed E-state index contributed by atoms with van der Waals surface area (Å²) in [5, 5.41) is 4.22. The second-order valence-electron chi connectivity index (χ2n) is 12.1. The number of hydrogen-bond donors (Lipinski definition) is 0. The quantitative estimate of drug-likeness (QED) is 0.187. The van der Waals surface area contributed by atoms with Crippen LogP contribution in [0, 0.1) is 0 Å². The molecule has 50 heavy (non-hydrogen) atoms. The fraction of sp³-hybridized carbons (Fsp3) is 0. The van der Waals surface area contributed by atoms with E-state index in [1.54, 1.807) is 12.1 Å². The van der Waals surface area contributed by atoms with E-state index in [1.807, 2.05) is 72.8 Å². The second kappa shape index (κ2) is 11.4. The molecule has 7 aromatic carbocycles. The van der Waals surface area contributed by atoms with Crippen LogP contribution in [0.1, 0.15) is 6.85 Å². The van der Waals surface area contributed by atoms with Gasteiger partial charge in [0.1, 0.15) is 0 Å². The van der Waals surface area contributed by atoms with Crippen LogP contribution in [0.25, 0.3) is 89.2 Å². The summed E-state index contributed by atoms with van der Waals surface area (Å²) < 4.78 is 47.1. The van der Waals surface area contributed by atoms with Crippen LogP contribution in [0.15, 0.2) is 176 Å². The van der Waals surface area contributed by atoms with Gasteiger partial charge in [0.15, 0.2) is 11.6 Å². The van der Waals surface area contributed by atoms with Crippen LogP contribution in [-0.4, -0.2) is 24.1 Å². The molecule has 0 fully saturated rings. The smallest absolute Gasteiger partial charge is 0.238 e. The first-order chi connectivity index (χ1) is 26.9. The van der Waals surface area contributed by atoms with Crippen molar-refractivity contribution in [3.8, 4) is 45.5 Å². The Kier molecular flexibility index (Phi) is 5.35. The number of rotatable bonds is 5. The van der Waals surface area contributed by atoms with Gasteiger partial charge in [0.25, 0.3) is 0 Å². The van der Waals surface area contributed by atoms with Crippen LogP contribution < -0.4 is 0 Å². The third-order valence-electron chi connectivity index (χ3n) is 9.28. The first-order valence-corrected chi connectivity index (χ1v) is 16.4. The van der Waals surface area contributed by atoms with Crippen LogP contribution in [0.3, 0.4) is 0 Å². The van der Waals surface area contributed by atoms with E-state index >= 15 is 0 Å². The molecule has 0 aliphatic heterocycles. The van der Waals surface area contributed by atoms with Gasteiger partial charge in [0, 0.05) is 38.4 Å². The summed E-state index contributed by atoms with van der Waals surface area (Å²) in [5.74, 6) is 1.12. The molecule has 3 aromatic heterocycles. The van der Waals surface area contributed by atoms with Crippen LogP contribution in [0.2, 0.25) is 0 Å². The normalized spacial score (nSPS) is 13.0. The summed E-state index contributed by atoms with van der Waals surface area (Å²) in [6.07, 6.45) is 0. The average Bonchev–Trinajstić information content (AvgIpc) is 3.76. The summed E-state index contributed by atoms with van der Waals surface area (Å²) in [6, 6.07) is 46.4. The highest BCUT2D eigenvalue weighted by atomic mass is 15.2. The highest BCUT2D eigenvalue weighted by molar-refractivity contribution is 6.26. The van der Waals surface area contributed by atoms with Crippen molar-refractivity contribution >= 4 is 43.6 Å². The number of fused-ring (bicyclic) bond motifs is 7. The summed E-state index contributed by atoms with van der Waals surface area (Å²) in [4.78, 5) is 15.4. The first-order valence-electron chi connectivity index (χ1n) is 18.9. The Hall–Kier alpha value is -6.85. The monoisotopic (exact) mass is 644 g/mol. The van der Waals surface area contributed by atoms with Gasteiger partial charge in [0.05, 0.1) is 28.9 Å². The van der Waals surface area contributed by atoms with Crippen LogP contribution in [0.5, 0.6) is 0 Å². The van der Waals surface area contributed by atoms with Gasteiger partial charge in [-0.25, -0.2) is 4.98 Å². The number of nitrogens with zero attached hydrogens (tertiary/aromatic N) is 5. The van der Waals surface area contributed by atoms with Gasteiger partial charge < -0.3 is 4.57 Å². The topological polar surface area (TPSA) is 48.5 Å². The van der Waals surface area contributed by atoms with E-state index in [0.29, 0.717) is 28.7 Å². The van der Waals surface area contributed by atoms with Crippen molar-refractivity contribution < 1.29 is 6.85 Å². The molecular weight excluding hydrogens is 611 g/mol. The van der Waals surface area contributed by atoms with Gasteiger partial charge in [-0.05, 0) is 41.5 Å². The molecule has 10 rings (SSSR count). The Morgan fingerprint density at radius 3 is 1.82 bits per heavy atom. The van der Waals surface area contributed by atoms with Crippen molar-refractivity contribution in [1.82, 2.24) is 24.1 Å². The fourth-order valence-corrected chi connectivity index (χ4v) is 7.15. The summed E-state index contributed by atoms with van der Waals surface area (Å²) in [7, 11) is 0. The van der Waals surface area contributed by atoms with Crippen LogP contribution in [0.4, 0.5) is 0 Å². The van der Waals surface area contributed by atoms with E-state index in [0.717, 1.165) is 54.9 Å². The lowest BCUT2D eigenvalue weighted by Crippen LogP contribution is -2.07. The van der Waals surface area contributed by atoms with E-state index in [9.17, 15) is 0 Å². The molecule has 0 spiro atoms. The average molecular weight is 645 g/mol. The van der Waals surface area contributed by atoms with Gasteiger partial charge in [-0.15, -0.1) is 0 Å². The minimum Gasteiger partial charge on any atom is -0.309 e. The van der Waals surface area contributed by atoms with Crippen molar-refractivity contribution in [1.29, 1.82) is 0 Å². The first kappa shape index (κ1) is 23.5. The molecule has 0 saturated heterocycles. The standard InChI is InChI=1S/C45H29N5/c1-4-16-30(17-5-1)33-22-10-11-24-36(33)44-46-43(31-18-6-2-7-19-31)47-45(48-44)50-38-26-14-12-23-34(38)35-28-29-40-41(42(35)50)37-25-13-15-27-39(37)49(40)32-20-8-3-9-21-32/h1-29H/i1D,4D,5D,16D,17D.